The van der Waals surface area contributed by atoms with Crippen LogP contribution >= 0.6 is 0 Å². The summed E-state index contributed by atoms with van der Waals surface area (Å²) in [7, 11) is 0. The number of nitrogens with one attached hydrogen (secondary N) is 6. The molecule has 0 radical (unpaired) electrons. The first kappa shape index (κ1) is 25.8. The van der Waals surface area contributed by atoms with Gasteiger partial charge in [-0.15, -0.1) is 6.42 Å². The van der Waals surface area contributed by atoms with Crippen molar-refractivity contribution in [3.63, 3.8) is 0 Å². The Morgan fingerprint density at radius 2 is 1.23 bits per heavy atom. The first-order valence-electron chi connectivity index (χ1n) is 11.5. The van der Waals surface area contributed by atoms with E-state index in [1.54, 1.807) is 0 Å². The Kier molecular flexibility index (Phi) is 15.1. The summed E-state index contributed by atoms with van der Waals surface area (Å²) in [6.07, 6.45) is 19.3. The molecule has 0 bridgehead atoms. The van der Waals surface area contributed by atoms with Crippen LogP contribution in [0, 0.1) is 23.2 Å². The van der Waals surface area contributed by atoms with Crippen LogP contribution in [-0.4, -0.2) is 55.6 Å². The van der Waals surface area contributed by atoms with Gasteiger partial charge >= 0.3 is 6.03 Å². The Hall–Kier alpha value is -2.27. The summed E-state index contributed by atoms with van der Waals surface area (Å²) in [5, 5.41) is 27.9. The van der Waals surface area contributed by atoms with E-state index in [0.29, 0.717) is 13.1 Å². The maximum atomic E-state index is 12.4. The van der Waals surface area contributed by atoms with E-state index < -0.39 is 6.03 Å². The van der Waals surface area contributed by atoms with Crippen LogP contribution in [0.3, 0.4) is 0 Å². The van der Waals surface area contributed by atoms with E-state index in [-0.39, 0.29) is 18.5 Å². The molecule has 1 rings (SSSR count). The van der Waals surface area contributed by atoms with Crippen LogP contribution in [0.15, 0.2) is 0 Å². The summed E-state index contributed by atoms with van der Waals surface area (Å²) in [4.78, 5) is 13.5. The minimum absolute atomic E-state index is 0.0149. The number of carbonyl (C=O) groups is 1. The molecule has 2 amide bonds. The van der Waals surface area contributed by atoms with Crippen LogP contribution in [0.1, 0.15) is 77.0 Å². The van der Waals surface area contributed by atoms with E-state index in [1.165, 1.54) is 51.4 Å². The maximum Gasteiger partial charge on any atom is 0.331 e. The summed E-state index contributed by atoms with van der Waals surface area (Å²) in [6.45, 7) is 3.49. The van der Waals surface area contributed by atoms with E-state index in [0.717, 1.165) is 43.7 Å². The SMILES string of the molecule is C#CCN1C(=N)NCCCCCCCCNCCCCCCCCNC(=N)NC1=O. The van der Waals surface area contributed by atoms with E-state index in [1.807, 2.05) is 0 Å². The molecule has 30 heavy (non-hydrogen) atoms. The Bertz CT molecular complexity index is 544. The lowest BCUT2D eigenvalue weighted by Gasteiger charge is -2.22. The van der Waals surface area contributed by atoms with Crippen molar-refractivity contribution in [2.24, 2.45) is 0 Å². The normalized spacial score (nSPS) is 20.8. The predicted octanol–water partition coefficient (Wildman–Crippen LogP) is 2.96. The van der Waals surface area contributed by atoms with Crippen molar-refractivity contribution in [2.75, 3.05) is 32.7 Å². The number of hydrogen-bond acceptors (Lipinski definition) is 4. The van der Waals surface area contributed by atoms with Crippen LogP contribution < -0.4 is 21.3 Å². The smallest absolute Gasteiger partial charge is 0.331 e. The van der Waals surface area contributed by atoms with Gasteiger partial charge in [0, 0.05) is 13.1 Å². The topological polar surface area (TPSA) is 116 Å². The van der Waals surface area contributed by atoms with Crippen molar-refractivity contribution in [3.8, 4) is 12.3 Å². The molecule has 1 aliphatic heterocycles. The zero-order valence-corrected chi connectivity index (χ0v) is 18.5. The van der Waals surface area contributed by atoms with Crippen molar-refractivity contribution < 1.29 is 4.79 Å². The Balaban J connectivity index is 2.46. The van der Waals surface area contributed by atoms with Gasteiger partial charge in [-0.25, -0.2) is 4.79 Å². The largest absolute Gasteiger partial charge is 0.356 e. The number of nitrogens with zero attached hydrogens (tertiary/aromatic N) is 1. The summed E-state index contributed by atoms with van der Waals surface area (Å²) in [5.41, 5.74) is 0. The van der Waals surface area contributed by atoms with Gasteiger partial charge in [0.15, 0.2) is 11.9 Å². The highest BCUT2D eigenvalue weighted by molar-refractivity contribution is 6.02. The molecule has 1 fully saturated rings. The van der Waals surface area contributed by atoms with Gasteiger partial charge in [-0.3, -0.25) is 21.0 Å². The van der Waals surface area contributed by atoms with Crippen LogP contribution in [0.5, 0.6) is 0 Å². The fourth-order valence-electron chi connectivity index (χ4n) is 3.37. The Morgan fingerprint density at radius 1 is 0.767 bits per heavy atom. The number of carbonyl (C=O) groups excluding carboxylic acids is 1. The third-order valence-corrected chi connectivity index (χ3v) is 5.15. The zero-order valence-electron chi connectivity index (χ0n) is 18.5. The molecule has 1 heterocycles. The average Bonchev–Trinajstić information content (AvgIpc) is 2.72. The minimum atomic E-state index is -0.564. The van der Waals surface area contributed by atoms with E-state index in [9.17, 15) is 4.79 Å². The number of urea groups is 1. The van der Waals surface area contributed by atoms with Gasteiger partial charge in [0.2, 0.25) is 0 Å². The van der Waals surface area contributed by atoms with Crippen molar-refractivity contribution in [2.45, 2.75) is 77.0 Å². The predicted molar refractivity (Wildman–Crippen MR) is 124 cm³/mol. The van der Waals surface area contributed by atoms with Gasteiger partial charge in [-0.1, -0.05) is 57.3 Å². The number of amides is 2. The van der Waals surface area contributed by atoms with Crippen molar-refractivity contribution >= 4 is 18.0 Å². The Labute approximate surface area is 182 Å². The molecule has 8 heteroatoms. The molecule has 0 unspecified atom stereocenters. The molecule has 0 aromatic heterocycles. The third kappa shape index (κ3) is 13.0. The highest BCUT2D eigenvalue weighted by atomic mass is 16.2. The van der Waals surface area contributed by atoms with E-state index in [4.69, 9.17) is 17.2 Å². The molecule has 1 saturated heterocycles. The van der Waals surface area contributed by atoms with Gasteiger partial charge in [0.05, 0.1) is 6.54 Å². The first-order chi connectivity index (χ1) is 14.6. The maximum absolute atomic E-state index is 12.4. The second-order valence-corrected chi connectivity index (χ2v) is 7.79. The molecule has 170 valence electrons. The molecular weight excluding hydrogens is 378 g/mol. The lowest BCUT2D eigenvalue weighted by Crippen LogP contribution is -2.52. The zero-order chi connectivity index (χ0) is 21.9. The monoisotopic (exact) mass is 419 g/mol. The molecule has 1 aliphatic rings. The number of guanidine groups is 2. The molecule has 0 spiro atoms. The summed E-state index contributed by atoms with van der Waals surface area (Å²) in [6, 6.07) is -0.564. The second-order valence-electron chi connectivity index (χ2n) is 7.79. The van der Waals surface area contributed by atoms with Crippen LogP contribution in [-0.2, 0) is 0 Å². The second kappa shape index (κ2) is 17.6. The number of hydrogen-bond donors (Lipinski definition) is 6. The quantitative estimate of drug-likeness (QED) is 0.367. The minimum Gasteiger partial charge on any atom is -0.356 e. The third-order valence-electron chi connectivity index (χ3n) is 5.15. The summed E-state index contributed by atoms with van der Waals surface area (Å²) < 4.78 is 0. The fraction of sp³-hybridized carbons (Fsp3) is 0.773. The molecule has 0 aliphatic carbocycles. The van der Waals surface area contributed by atoms with E-state index in [2.05, 4.69) is 27.2 Å². The lowest BCUT2D eigenvalue weighted by atomic mass is 10.1. The standard InChI is InChI=1S/C22H41N7O/c1-2-19-29-21(24)27-18-14-10-6-4-8-12-16-25-15-11-7-3-5-9-13-17-26-20(23)28-22(29)30/h1,25H,3-19H2,(H2,24,27)(H3,23,26,28,30). The van der Waals surface area contributed by atoms with E-state index >= 15 is 0 Å². The molecule has 8 nitrogen and oxygen atoms in total. The van der Waals surface area contributed by atoms with Gasteiger partial charge < -0.3 is 16.0 Å². The number of terminal acetylenes is 1. The first-order valence-corrected chi connectivity index (χ1v) is 11.5. The van der Waals surface area contributed by atoms with Gasteiger partial charge in [-0.05, 0) is 38.8 Å². The molecule has 0 saturated carbocycles. The average molecular weight is 420 g/mol. The van der Waals surface area contributed by atoms with Gasteiger partial charge in [0.1, 0.15) is 0 Å². The molecule has 6 N–H and O–H groups in total. The summed E-state index contributed by atoms with van der Waals surface area (Å²) >= 11 is 0. The van der Waals surface area contributed by atoms with Gasteiger partial charge in [0.25, 0.3) is 0 Å². The highest BCUT2D eigenvalue weighted by Gasteiger charge is 2.18. The molecule has 0 atom stereocenters. The van der Waals surface area contributed by atoms with Crippen molar-refractivity contribution in [1.29, 1.82) is 10.8 Å². The highest BCUT2D eigenvalue weighted by Crippen LogP contribution is 2.06. The number of rotatable bonds is 1. The molecular formula is C22H41N7O. The van der Waals surface area contributed by atoms with Crippen LogP contribution in [0.4, 0.5) is 4.79 Å². The Morgan fingerprint density at radius 3 is 1.77 bits per heavy atom. The van der Waals surface area contributed by atoms with Crippen molar-refractivity contribution in [3.05, 3.63) is 0 Å². The van der Waals surface area contributed by atoms with Gasteiger partial charge in [-0.2, -0.15) is 0 Å². The lowest BCUT2D eigenvalue weighted by molar-refractivity contribution is 0.227. The molecule has 0 aromatic rings. The van der Waals surface area contributed by atoms with Crippen molar-refractivity contribution in [1.82, 2.24) is 26.2 Å². The van der Waals surface area contributed by atoms with Crippen LogP contribution in [0.25, 0.3) is 0 Å². The molecule has 0 aromatic carbocycles. The summed E-state index contributed by atoms with van der Waals surface area (Å²) in [5.74, 6) is 2.31. The fourth-order valence-corrected chi connectivity index (χ4v) is 3.37. The van der Waals surface area contributed by atoms with Crippen LogP contribution in [0.2, 0.25) is 0 Å².